The first-order chi connectivity index (χ1) is 6.50. The molecule has 0 spiro atoms. The number of carboxylic acids is 1. The number of aliphatic carboxylic acids is 1. The molecule has 0 saturated heterocycles. The Hall–Kier alpha value is -0.830. The first kappa shape index (κ1) is 13.2. The van der Waals surface area contributed by atoms with Gasteiger partial charge in [-0.25, -0.2) is 4.79 Å². The normalized spacial score (nSPS) is 15.6. The maximum absolute atomic E-state index is 10.6. The molecule has 0 rings (SSSR count). The van der Waals surface area contributed by atoms with Crippen molar-refractivity contribution in [2.45, 2.75) is 51.5 Å². The molecule has 0 aliphatic heterocycles. The topological polar surface area (TPSA) is 63.3 Å². The van der Waals surface area contributed by atoms with E-state index in [-0.39, 0.29) is 0 Å². The van der Waals surface area contributed by atoms with Gasteiger partial charge in [0, 0.05) is 0 Å². The van der Waals surface area contributed by atoms with Crippen LogP contribution in [0.4, 0.5) is 0 Å². The molecule has 0 aliphatic carbocycles. The van der Waals surface area contributed by atoms with Gasteiger partial charge in [-0.3, -0.25) is 0 Å². The van der Waals surface area contributed by atoms with E-state index in [9.17, 15) is 4.79 Å². The van der Waals surface area contributed by atoms with Gasteiger partial charge in [0.2, 0.25) is 0 Å². The van der Waals surface area contributed by atoms with Crippen LogP contribution in [-0.2, 0) is 4.79 Å². The molecule has 3 N–H and O–H groups in total. The van der Waals surface area contributed by atoms with Crippen molar-refractivity contribution in [1.29, 1.82) is 0 Å². The highest BCUT2D eigenvalue weighted by Gasteiger charge is 2.23. The SMILES string of the molecule is CCCCCCC=C[C@@](C)(N)C(=O)O. The Bertz CT molecular complexity index is 197. The minimum atomic E-state index is -1.22. The van der Waals surface area contributed by atoms with Crippen molar-refractivity contribution in [2.75, 3.05) is 0 Å². The van der Waals surface area contributed by atoms with Crippen LogP contribution in [0.2, 0.25) is 0 Å². The molecule has 0 aromatic heterocycles. The average molecular weight is 199 g/mol. The monoisotopic (exact) mass is 199 g/mol. The van der Waals surface area contributed by atoms with E-state index in [1.165, 1.54) is 26.2 Å². The summed E-state index contributed by atoms with van der Waals surface area (Å²) >= 11 is 0. The zero-order valence-corrected chi connectivity index (χ0v) is 9.12. The van der Waals surface area contributed by atoms with Crippen molar-refractivity contribution in [2.24, 2.45) is 5.73 Å². The summed E-state index contributed by atoms with van der Waals surface area (Å²) in [6.45, 7) is 3.66. The Morgan fingerprint density at radius 3 is 2.57 bits per heavy atom. The Kier molecular flexibility index (Phi) is 6.21. The van der Waals surface area contributed by atoms with Gasteiger partial charge in [0.1, 0.15) is 5.54 Å². The molecule has 0 amide bonds. The maximum Gasteiger partial charge on any atom is 0.327 e. The van der Waals surface area contributed by atoms with Gasteiger partial charge in [-0.1, -0.05) is 38.3 Å². The predicted octanol–water partition coefficient (Wildman–Crippen LogP) is 2.31. The van der Waals surface area contributed by atoms with Crippen LogP contribution in [0, 0.1) is 0 Å². The van der Waals surface area contributed by atoms with Crippen LogP contribution < -0.4 is 5.73 Å². The number of hydrogen-bond donors (Lipinski definition) is 2. The van der Waals surface area contributed by atoms with E-state index >= 15 is 0 Å². The lowest BCUT2D eigenvalue weighted by Gasteiger charge is -2.12. The lowest BCUT2D eigenvalue weighted by atomic mass is 10.0. The summed E-state index contributed by atoms with van der Waals surface area (Å²) in [7, 11) is 0. The van der Waals surface area contributed by atoms with E-state index in [4.69, 9.17) is 10.8 Å². The van der Waals surface area contributed by atoms with Gasteiger partial charge in [0.05, 0.1) is 0 Å². The molecule has 0 radical (unpaired) electrons. The summed E-state index contributed by atoms with van der Waals surface area (Å²) in [5.41, 5.74) is 4.30. The summed E-state index contributed by atoms with van der Waals surface area (Å²) in [5.74, 6) is -0.984. The van der Waals surface area contributed by atoms with Gasteiger partial charge in [0.25, 0.3) is 0 Å². The quantitative estimate of drug-likeness (QED) is 0.488. The second kappa shape index (κ2) is 6.60. The van der Waals surface area contributed by atoms with Crippen LogP contribution in [0.5, 0.6) is 0 Å². The van der Waals surface area contributed by atoms with E-state index in [0.717, 1.165) is 12.8 Å². The molecule has 82 valence electrons. The fourth-order valence-electron chi connectivity index (χ4n) is 1.09. The highest BCUT2D eigenvalue weighted by Crippen LogP contribution is 2.06. The third-order valence-electron chi connectivity index (χ3n) is 2.15. The molecule has 3 heteroatoms. The summed E-state index contributed by atoms with van der Waals surface area (Å²) in [4.78, 5) is 10.6. The molecule has 0 unspecified atom stereocenters. The fourth-order valence-corrected chi connectivity index (χ4v) is 1.09. The molecule has 0 aromatic rings. The van der Waals surface area contributed by atoms with Crippen LogP contribution in [-0.4, -0.2) is 16.6 Å². The molecule has 0 heterocycles. The van der Waals surface area contributed by atoms with Crippen molar-refractivity contribution in [3.8, 4) is 0 Å². The summed E-state index contributed by atoms with van der Waals surface area (Å²) < 4.78 is 0. The second-order valence-electron chi connectivity index (χ2n) is 3.84. The van der Waals surface area contributed by atoms with Gasteiger partial charge in [-0.15, -0.1) is 0 Å². The number of carbonyl (C=O) groups is 1. The van der Waals surface area contributed by atoms with Crippen LogP contribution in [0.15, 0.2) is 12.2 Å². The number of nitrogens with two attached hydrogens (primary N) is 1. The average Bonchev–Trinajstić information content (AvgIpc) is 2.10. The highest BCUT2D eigenvalue weighted by atomic mass is 16.4. The van der Waals surface area contributed by atoms with Crippen LogP contribution in [0.1, 0.15) is 46.0 Å². The molecule has 0 aliphatic rings. The molecular formula is C11H21NO2. The third kappa shape index (κ3) is 5.75. The van der Waals surface area contributed by atoms with E-state index in [1.807, 2.05) is 6.08 Å². The van der Waals surface area contributed by atoms with Crippen molar-refractivity contribution in [1.82, 2.24) is 0 Å². The zero-order valence-electron chi connectivity index (χ0n) is 9.12. The summed E-state index contributed by atoms with van der Waals surface area (Å²) in [6.07, 6.45) is 9.13. The Morgan fingerprint density at radius 1 is 1.43 bits per heavy atom. The first-order valence-corrected chi connectivity index (χ1v) is 5.20. The van der Waals surface area contributed by atoms with Gasteiger partial charge < -0.3 is 10.8 Å². The number of hydrogen-bond acceptors (Lipinski definition) is 2. The van der Waals surface area contributed by atoms with E-state index in [2.05, 4.69) is 6.92 Å². The molecule has 0 fully saturated rings. The fraction of sp³-hybridized carbons (Fsp3) is 0.727. The lowest BCUT2D eigenvalue weighted by Crippen LogP contribution is -2.42. The van der Waals surface area contributed by atoms with Crippen molar-refractivity contribution < 1.29 is 9.90 Å². The second-order valence-corrected chi connectivity index (χ2v) is 3.84. The maximum atomic E-state index is 10.6. The largest absolute Gasteiger partial charge is 0.480 e. The number of carboxylic acid groups (broad SMARTS) is 1. The molecule has 0 bridgehead atoms. The van der Waals surface area contributed by atoms with Crippen LogP contribution >= 0.6 is 0 Å². The van der Waals surface area contributed by atoms with E-state index in [1.54, 1.807) is 6.08 Å². The van der Waals surface area contributed by atoms with E-state index in [0.29, 0.717) is 0 Å². The number of unbranched alkanes of at least 4 members (excludes halogenated alkanes) is 4. The van der Waals surface area contributed by atoms with Gasteiger partial charge >= 0.3 is 5.97 Å². The van der Waals surface area contributed by atoms with Crippen LogP contribution in [0.25, 0.3) is 0 Å². The minimum Gasteiger partial charge on any atom is -0.480 e. The first-order valence-electron chi connectivity index (χ1n) is 5.20. The smallest absolute Gasteiger partial charge is 0.327 e. The Labute approximate surface area is 86.0 Å². The zero-order chi connectivity index (χ0) is 11.0. The summed E-state index contributed by atoms with van der Waals surface area (Å²) in [5, 5.41) is 8.71. The minimum absolute atomic E-state index is 0.917. The van der Waals surface area contributed by atoms with Crippen LogP contribution in [0.3, 0.4) is 0 Å². The highest BCUT2D eigenvalue weighted by molar-refractivity contribution is 5.80. The van der Waals surface area contributed by atoms with Gasteiger partial charge in [-0.05, 0) is 19.8 Å². The number of rotatable bonds is 7. The summed E-state index contributed by atoms with van der Waals surface area (Å²) in [6, 6.07) is 0. The van der Waals surface area contributed by atoms with Crippen molar-refractivity contribution >= 4 is 5.97 Å². The molecular weight excluding hydrogens is 178 g/mol. The number of allylic oxidation sites excluding steroid dienone is 1. The molecule has 14 heavy (non-hydrogen) atoms. The standard InChI is InChI=1S/C11H21NO2/c1-3-4-5-6-7-8-9-11(2,12)10(13)14/h8-9H,3-7,12H2,1-2H3,(H,13,14)/t11-/m1/s1. The van der Waals surface area contributed by atoms with E-state index < -0.39 is 11.5 Å². The predicted molar refractivity (Wildman–Crippen MR) is 58.1 cm³/mol. The third-order valence-corrected chi connectivity index (χ3v) is 2.15. The molecule has 0 aromatic carbocycles. The lowest BCUT2D eigenvalue weighted by molar-refractivity contribution is -0.140. The van der Waals surface area contributed by atoms with Crippen molar-refractivity contribution in [3.05, 3.63) is 12.2 Å². The van der Waals surface area contributed by atoms with Gasteiger partial charge in [-0.2, -0.15) is 0 Å². The van der Waals surface area contributed by atoms with Gasteiger partial charge in [0.15, 0.2) is 0 Å². The van der Waals surface area contributed by atoms with Crippen molar-refractivity contribution in [3.63, 3.8) is 0 Å². The Balaban J connectivity index is 3.67. The molecule has 0 saturated carbocycles. The molecule has 3 nitrogen and oxygen atoms in total. The molecule has 1 atom stereocenters. The Morgan fingerprint density at radius 2 is 2.07 bits per heavy atom.